The van der Waals surface area contributed by atoms with Crippen LogP contribution in [0.3, 0.4) is 0 Å². The van der Waals surface area contributed by atoms with E-state index in [2.05, 4.69) is 9.68 Å². The van der Waals surface area contributed by atoms with Crippen molar-refractivity contribution < 1.29 is 49.9 Å². The normalized spacial score (nSPS) is 9.10. The van der Waals surface area contributed by atoms with Crippen LogP contribution in [0.15, 0.2) is 36.4 Å². The van der Waals surface area contributed by atoms with Crippen LogP contribution in [0.5, 0.6) is 23.0 Å². The molecule has 0 spiro atoms. The SMILES string of the molecule is O=C(O)c1c([O-])cccc1O[N+](=O)[O-].O=C(O)c1c([O-])cccc1O[N+](=O)[O-].[Pb+2]. The second-order valence-electron chi connectivity index (χ2n) is 4.50. The molecule has 150 valence electrons. The van der Waals surface area contributed by atoms with Crippen molar-refractivity contribution in [2.45, 2.75) is 0 Å². The maximum Gasteiger partial charge on any atom is 2.00 e. The van der Waals surface area contributed by atoms with E-state index in [-0.39, 0.29) is 27.3 Å². The van der Waals surface area contributed by atoms with Gasteiger partial charge < -0.3 is 20.4 Å². The van der Waals surface area contributed by atoms with Gasteiger partial charge in [-0.25, -0.2) is 9.59 Å². The van der Waals surface area contributed by atoms with Gasteiger partial charge in [-0.15, -0.1) is 20.2 Å². The summed E-state index contributed by atoms with van der Waals surface area (Å²) in [6, 6.07) is 6.38. The number of carboxylic acids is 2. The predicted octanol–water partition coefficient (Wildman–Crippen LogP) is -0.323. The first kappa shape index (κ1) is 25.3. The van der Waals surface area contributed by atoms with Gasteiger partial charge in [0.05, 0.1) is 11.1 Å². The molecule has 15 heteroatoms. The van der Waals surface area contributed by atoms with E-state index in [1.165, 1.54) is 12.1 Å². The minimum absolute atomic E-state index is 0. The number of carboxylic acid groups (broad SMARTS) is 2. The molecule has 2 aromatic carbocycles. The summed E-state index contributed by atoms with van der Waals surface area (Å²) in [7, 11) is 0. The fourth-order valence-electron chi connectivity index (χ4n) is 1.76. The number of aromatic carboxylic acids is 2. The van der Waals surface area contributed by atoms with Gasteiger partial charge in [0.25, 0.3) is 10.2 Å². The van der Waals surface area contributed by atoms with E-state index in [1.807, 2.05) is 0 Å². The van der Waals surface area contributed by atoms with Gasteiger partial charge in [0, 0.05) is 0 Å². The summed E-state index contributed by atoms with van der Waals surface area (Å²) in [6.45, 7) is 0. The maximum atomic E-state index is 11.0. The van der Waals surface area contributed by atoms with E-state index < -0.39 is 56.2 Å². The molecule has 0 aliphatic rings. The molecule has 0 saturated heterocycles. The van der Waals surface area contributed by atoms with Crippen molar-refractivity contribution >= 4 is 39.2 Å². The number of benzene rings is 2. The molecule has 0 heterocycles. The second-order valence-corrected chi connectivity index (χ2v) is 4.50. The average molecular weight is 603 g/mol. The Morgan fingerprint density at radius 1 is 0.759 bits per heavy atom. The van der Waals surface area contributed by atoms with E-state index in [1.54, 1.807) is 0 Å². The Bertz CT molecular complexity index is 857. The van der Waals surface area contributed by atoms with Crippen molar-refractivity contribution in [2.75, 3.05) is 0 Å². The van der Waals surface area contributed by atoms with Crippen LogP contribution in [0.2, 0.25) is 0 Å². The Morgan fingerprint density at radius 3 is 1.31 bits per heavy atom. The Morgan fingerprint density at radius 2 is 1.07 bits per heavy atom. The largest absolute Gasteiger partial charge is 2.00 e. The summed E-state index contributed by atoms with van der Waals surface area (Å²) in [4.78, 5) is 48.8. The van der Waals surface area contributed by atoms with Crippen molar-refractivity contribution in [3.63, 3.8) is 0 Å². The molecule has 2 radical (unpaired) electrons. The van der Waals surface area contributed by atoms with Crippen LogP contribution in [0.1, 0.15) is 20.7 Å². The number of nitrogens with zero attached hydrogens (tertiary/aromatic N) is 2. The minimum Gasteiger partial charge on any atom is -0.872 e. The molecule has 29 heavy (non-hydrogen) atoms. The Labute approximate surface area is 179 Å². The third kappa shape index (κ3) is 7.44. The molecule has 0 saturated carbocycles. The van der Waals surface area contributed by atoms with Crippen LogP contribution in [0.25, 0.3) is 0 Å². The van der Waals surface area contributed by atoms with Crippen molar-refractivity contribution in [1.29, 1.82) is 0 Å². The monoisotopic (exact) mass is 604 g/mol. The summed E-state index contributed by atoms with van der Waals surface area (Å²) in [6.07, 6.45) is 0. The van der Waals surface area contributed by atoms with E-state index in [0.29, 0.717) is 0 Å². The van der Waals surface area contributed by atoms with Gasteiger partial charge in [0.2, 0.25) is 0 Å². The van der Waals surface area contributed by atoms with Crippen LogP contribution in [0.4, 0.5) is 0 Å². The fraction of sp³-hybridized carbons (Fsp3) is 0. The Balaban J connectivity index is 0.000000523. The molecule has 0 aromatic heterocycles. The number of hydrogen-bond donors (Lipinski definition) is 2. The van der Waals surface area contributed by atoms with Crippen molar-refractivity contribution in [2.24, 2.45) is 0 Å². The molecule has 0 aliphatic carbocycles. The smallest absolute Gasteiger partial charge is 0.872 e. The fourth-order valence-corrected chi connectivity index (χ4v) is 1.76. The summed E-state index contributed by atoms with van der Waals surface area (Å²) < 4.78 is 0. The van der Waals surface area contributed by atoms with Crippen molar-refractivity contribution in [3.8, 4) is 23.0 Å². The molecular weight excluding hydrogens is 595 g/mol. The molecule has 0 fully saturated rings. The molecule has 14 nitrogen and oxygen atoms in total. The second kappa shape index (κ2) is 11.2. The average Bonchev–Trinajstić information content (AvgIpc) is 2.53. The molecule has 2 rings (SSSR count). The summed E-state index contributed by atoms with van der Waals surface area (Å²) in [5.74, 6) is -5.95. The van der Waals surface area contributed by atoms with E-state index in [0.717, 1.165) is 24.3 Å². The number of rotatable bonds is 6. The zero-order chi connectivity index (χ0) is 21.4. The van der Waals surface area contributed by atoms with Crippen LogP contribution in [-0.2, 0) is 0 Å². The topological polar surface area (TPSA) is 225 Å². The molecular formula is C14H8N2O12Pb. The maximum absolute atomic E-state index is 11.0. The van der Waals surface area contributed by atoms with Crippen LogP contribution < -0.4 is 19.9 Å². The molecule has 0 amide bonds. The van der Waals surface area contributed by atoms with Crippen molar-refractivity contribution in [1.82, 2.24) is 0 Å². The van der Waals surface area contributed by atoms with Crippen LogP contribution in [0, 0.1) is 20.2 Å². The van der Waals surface area contributed by atoms with Crippen molar-refractivity contribution in [3.05, 3.63) is 67.8 Å². The standard InChI is InChI=1S/2C7H5NO6.Pb/c2*9-4-2-1-3-5(14-8(12)13)6(4)7(10)11;/h2*1-3,9H,(H,10,11);/q;;+2/p-2. The van der Waals surface area contributed by atoms with Gasteiger partial charge in [0.1, 0.15) is 11.5 Å². The van der Waals surface area contributed by atoms with Gasteiger partial charge >= 0.3 is 39.2 Å². The third-order valence-corrected chi connectivity index (χ3v) is 2.75. The first-order valence-electron chi connectivity index (χ1n) is 6.76. The van der Waals surface area contributed by atoms with E-state index in [4.69, 9.17) is 10.2 Å². The molecule has 2 N–H and O–H groups in total. The van der Waals surface area contributed by atoms with Gasteiger partial charge in [-0.3, -0.25) is 9.68 Å². The Kier molecular flexibility index (Phi) is 9.78. The third-order valence-electron chi connectivity index (χ3n) is 2.75. The number of hydrogen-bond acceptors (Lipinski definition) is 10. The van der Waals surface area contributed by atoms with Gasteiger partial charge in [0.15, 0.2) is 0 Å². The predicted molar refractivity (Wildman–Crippen MR) is 86.7 cm³/mol. The molecule has 0 aliphatic heterocycles. The van der Waals surface area contributed by atoms with E-state index >= 15 is 0 Å². The quantitative estimate of drug-likeness (QED) is 0.246. The van der Waals surface area contributed by atoms with E-state index in [9.17, 15) is 40.0 Å². The zero-order valence-corrected chi connectivity index (χ0v) is 17.7. The summed E-state index contributed by atoms with van der Waals surface area (Å²) in [5.41, 5.74) is -1.49. The molecule has 2 aromatic rings. The molecule has 0 bridgehead atoms. The van der Waals surface area contributed by atoms with Gasteiger partial charge in [-0.05, 0) is 12.1 Å². The summed E-state index contributed by atoms with van der Waals surface area (Å²) in [5, 5.41) is 56.6. The number of carbonyl (C=O) groups is 2. The first-order valence-corrected chi connectivity index (χ1v) is 6.76. The Hall–Kier alpha value is -3.70. The molecule has 0 atom stereocenters. The summed E-state index contributed by atoms with van der Waals surface area (Å²) >= 11 is 0. The molecule has 0 unspecified atom stereocenters. The van der Waals surface area contributed by atoms with Gasteiger partial charge in [-0.2, -0.15) is 0 Å². The van der Waals surface area contributed by atoms with Crippen LogP contribution in [-0.4, -0.2) is 59.6 Å². The van der Waals surface area contributed by atoms with Crippen LogP contribution >= 0.6 is 0 Å². The first-order chi connectivity index (χ1) is 13.0. The van der Waals surface area contributed by atoms with Gasteiger partial charge in [-0.1, -0.05) is 35.8 Å². The minimum atomic E-state index is -1.56. The zero-order valence-electron chi connectivity index (χ0n) is 13.8.